The van der Waals surface area contributed by atoms with Crippen LogP contribution in [0.3, 0.4) is 0 Å². The molecule has 31 heavy (non-hydrogen) atoms. The van der Waals surface area contributed by atoms with Crippen molar-refractivity contribution >= 4 is 34.3 Å². The zero-order valence-electron chi connectivity index (χ0n) is 17.1. The number of anilines is 1. The second-order valence-corrected chi connectivity index (χ2v) is 8.85. The number of benzene rings is 3. The van der Waals surface area contributed by atoms with Gasteiger partial charge < -0.3 is 9.47 Å². The number of fused-ring (bicyclic) bond motifs is 2. The molecule has 0 spiro atoms. The number of hydrogen-bond acceptors (Lipinski definition) is 2. The van der Waals surface area contributed by atoms with Gasteiger partial charge in [0.1, 0.15) is 5.82 Å². The van der Waals surface area contributed by atoms with Crippen LogP contribution in [0.5, 0.6) is 0 Å². The van der Waals surface area contributed by atoms with Crippen LogP contribution in [0, 0.1) is 5.82 Å². The first-order valence-electron chi connectivity index (χ1n) is 10.5. The molecule has 0 fully saturated rings. The summed E-state index contributed by atoms with van der Waals surface area (Å²) in [6.07, 6.45) is 4.11. The van der Waals surface area contributed by atoms with Crippen LogP contribution in [0.25, 0.3) is 10.9 Å². The van der Waals surface area contributed by atoms with Gasteiger partial charge in [0.05, 0.1) is 5.75 Å². The molecule has 5 rings (SSSR count). The SMILES string of the molecule is O=C(CSc1cn(Cc2cccc(F)c2)c2ccccc12)N1CCCc2ccccc21. The smallest absolute Gasteiger partial charge is 0.237 e. The van der Waals surface area contributed by atoms with Gasteiger partial charge in [0.15, 0.2) is 0 Å². The van der Waals surface area contributed by atoms with E-state index in [2.05, 4.69) is 29.0 Å². The molecule has 0 aliphatic carbocycles. The molecule has 156 valence electrons. The lowest BCUT2D eigenvalue weighted by Gasteiger charge is -2.29. The summed E-state index contributed by atoms with van der Waals surface area (Å²) in [5, 5.41) is 1.12. The Morgan fingerprint density at radius 3 is 2.74 bits per heavy atom. The van der Waals surface area contributed by atoms with Crippen LogP contribution in [0.2, 0.25) is 0 Å². The molecule has 1 aliphatic heterocycles. The van der Waals surface area contributed by atoms with Crippen molar-refractivity contribution in [3.8, 4) is 0 Å². The van der Waals surface area contributed by atoms with E-state index in [0.29, 0.717) is 12.3 Å². The number of aryl methyl sites for hydroxylation is 1. The maximum Gasteiger partial charge on any atom is 0.237 e. The Bertz CT molecular complexity index is 1250. The minimum Gasteiger partial charge on any atom is -0.342 e. The van der Waals surface area contributed by atoms with Crippen molar-refractivity contribution in [2.24, 2.45) is 0 Å². The molecule has 1 aromatic heterocycles. The minimum atomic E-state index is -0.226. The van der Waals surface area contributed by atoms with Crippen LogP contribution >= 0.6 is 11.8 Å². The van der Waals surface area contributed by atoms with E-state index in [4.69, 9.17) is 0 Å². The normalized spacial score (nSPS) is 13.4. The number of hydrogen-bond donors (Lipinski definition) is 0. The highest BCUT2D eigenvalue weighted by molar-refractivity contribution is 8.00. The Labute approximate surface area is 185 Å². The first-order chi connectivity index (χ1) is 15.2. The van der Waals surface area contributed by atoms with Crippen molar-refractivity contribution in [2.45, 2.75) is 24.3 Å². The largest absolute Gasteiger partial charge is 0.342 e. The zero-order chi connectivity index (χ0) is 21.2. The van der Waals surface area contributed by atoms with Gasteiger partial charge >= 0.3 is 0 Å². The number of halogens is 1. The third kappa shape index (κ3) is 4.10. The second-order valence-electron chi connectivity index (χ2n) is 7.83. The molecule has 0 saturated carbocycles. The number of nitrogens with zero attached hydrogens (tertiary/aromatic N) is 2. The Kier molecular flexibility index (Phi) is 5.51. The summed E-state index contributed by atoms with van der Waals surface area (Å²) >= 11 is 1.57. The van der Waals surface area contributed by atoms with Gasteiger partial charge in [-0.2, -0.15) is 0 Å². The molecule has 3 aromatic carbocycles. The van der Waals surface area contributed by atoms with Crippen LogP contribution in [0.1, 0.15) is 17.5 Å². The molecule has 0 unspecified atom stereocenters. The molecule has 5 heteroatoms. The van der Waals surface area contributed by atoms with E-state index in [9.17, 15) is 9.18 Å². The molecule has 3 nitrogen and oxygen atoms in total. The van der Waals surface area contributed by atoms with Crippen LogP contribution in [0.15, 0.2) is 83.9 Å². The van der Waals surface area contributed by atoms with E-state index in [1.165, 1.54) is 11.6 Å². The molecule has 2 heterocycles. The monoisotopic (exact) mass is 430 g/mol. The predicted molar refractivity (Wildman–Crippen MR) is 125 cm³/mol. The maximum atomic E-state index is 13.6. The van der Waals surface area contributed by atoms with E-state index in [1.54, 1.807) is 23.9 Å². The van der Waals surface area contributed by atoms with Crippen LogP contribution in [0.4, 0.5) is 10.1 Å². The molecule has 0 saturated heterocycles. The minimum absolute atomic E-state index is 0.138. The van der Waals surface area contributed by atoms with E-state index >= 15 is 0 Å². The molecule has 0 bridgehead atoms. The summed E-state index contributed by atoms with van der Waals surface area (Å²) < 4.78 is 15.8. The van der Waals surface area contributed by atoms with Gasteiger partial charge in [-0.25, -0.2) is 4.39 Å². The van der Waals surface area contributed by atoms with E-state index in [0.717, 1.165) is 46.4 Å². The third-order valence-corrected chi connectivity index (χ3v) is 6.78. The number of para-hydroxylation sites is 2. The maximum absolute atomic E-state index is 13.6. The second kappa shape index (κ2) is 8.60. The lowest BCUT2D eigenvalue weighted by atomic mass is 10.0. The first-order valence-corrected chi connectivity index (χ1v) is 11.5. The van der Waals surface area contributed by atoms with Crippen LogP contribution in [-0.4, -0.2) is 22.8 Å². The lowest BCUT2D eigenvalue weighted by Crippen LogP contribution is -2.36. The van der Waals surface area contributed by atoms with Crippen molar-refractivity contribution in [1.29, 1.82) is 0 Å². The Morgan fingerprint density at radius 1 is 1.00 bits per heavy atom. The fourth-order valence-corrected chi connectivity index (χ4v) is 5.27. The van der Waals surface area contributed by atoms with Crippen molar-refractivity contribution < 1.29 is 9.18 Å². The number of thioether (sulfide) groups is 1. The van der Waals surface area contributed by atoms with Gasteiger partial charge in [0.2, 0.25) is 5.91 Å². The molecular formula is C26H23FN2OS. The highest BCUT2D eigenvalue weighted by Gasteiger charge is 2.22. The van der Waals surface area contributed by atoms with Crippen molar-refractivity contribution in [3.05, 3.63) is 95.9 Å². The molecule has 0 radical (unpaired) electrons. The summed E-state index contributed by atoms with van der Waals surface area (Å²) in [5.41, 5.74) is 4.30. The van der Waals surface area contributed by atoms with Gasteiger partial charge in [0, 0.05) is 40.8 Å². The molecule has 4 aromatic rings. The summed E-state index contributed by atoms with van der Waals surface area (Å²) in [6.45, 7) is 1.37. The van der Waals surface area contributed by atoms with Gasteiger partial charge in [-0.05, 0) is 48.2 Å². The number of carbonyl (C=O) groups excluding carboxylic acids is 1. The van der Waals surface area contributed by atoms with E-state index in [1.807, 2.05) is 41.3 Å². The van der Waals surface area contributed by atoms with Gasteiger partial charge in [-0.15, -0.1) is 11.8 Å². The quantitative estimate of drug-likeness (QED) is 0.368. The Hall–Kier alpha value is -3.05. The Balaban J connectivity index is 1.37. The average molecular weight is 431 g/mol. The topological polar surface area (TPSA) is 25.2 Å². The first kappa shape index (κ1) is 19.9. The third-order valence-electron chi connectivity index (χ3n) is 5.76. The van der Waals surface area contributed by atoms with Gasteiger partial charge in [-0.1, -0.05) is 48.5 Å². The van der Waals surface area contributed by atoms with Crippen molar-refractivity contribution in [1.82, 2.24) is 4.57 Å². The zero-order valence-corrected chi connectivity index (χ0v) is 17.9. The average Bonchev–Trinajstić information content (AvgIpc) is 3.14. The van der Waals surface area contributed by atoms with E-state index in [-0.39, 0.29) is 11.7 Å². The molecule has 0 atom stereocenters. The number of aromatic nitrogens is 1. The molecule has 1 aliphatic rings. The fourth-order valence-electron chi connectivity index (χ4n) is 4.30. The summed E-state index contributed by atoms with van der Waals surface area (Å²) in [7, 11) is 0. The predicted octanol–water partition coefficient (Wildman–Crippen LogP) is 5.90. The number of carbonyl (C=O) groups is 1. The highest BCUT2D eigenvalue weighted by Crippen LogP contribution is 2.32. The standard InChI is InChI=1S/C26H23FN2OS/c27-21-10-5-7-19(15-21)16-28-17-25(22-11-2-4-13-24(22)28)31-18-26(30)29-14-6-9-20-8-1-3-12-23(20)29/h1-5,7-8,10-13,15,17H,6,9,14,16,18H2. The molecule has 0 N–H and O–H groups in total. The number of rotatable bonds is 5. The highest BCUT2D eigenvalue weighted by atomic mass is 32.2. The van der Waals surface area contributed by atoms with Gasteiger partial charge in [-0.3, -0.25) is 4.79 Å². The fraction of sp³-hybridized carbons (Fsp3) is 0.192. The summed E-state index contributed by atoms with van der Waals surface area (Å²) in [5.74, 6) is 0.303. The summed E-state index contributed by atoms with van der Waals surface area (Å²) in [4.78, 5) is 16.1. The Morgan fingerprint density at radius 2 is 1.84 bits per heavy atom. The van der Waals surface area contributed by atoms with Crippen molar-refractivity contribution in [3.63, 3.8) is 0 Å². The van der Waals surface area contributed by atoms with Gasteiger partial charge in [0.25, 0.3) is 0 Å². The molecule has 1 amide bonds. The summed E-state index contributed by atoms with van der Waals surface area (Å²) in [6, 6.07) is 23.1. The van der Waals surface area contributed by atoms with Crippen LogP contribution < -0.4 is 4.90 Å². The lowest BCUT2D eigenvalue weighted by molar-refractivity contribution is -0.116. The van der Waals surface area contributed by atoms with E-state index < -0.39 is 0 Å². The van der Waals surface area contributed by atoms with Crippen LogP contribution in [-0.2, 0) is 17.8 Å². The number of amides is 1. The molecular weight excluding hydrogens is 407 g/mol. The van der Waals surface area contributed by atoms with Crippen molar-refractivity contribution in [2.75, 3.05) is 17.2 Å².